The first kappa shape index (κ1) is 28.6. The summed E-state index contributed by atoms with van der Waals surface area (Å²) in [6.07, 6.45) is 2.66. The summed E-state index contributed by atoms with van der Waals surface area (Å²) in [5.74, 6) is -0.493. The first-order valence-electron chi connectivity index (χ1n) is 13.6. The fourth-order valence-electron chi connectivity index (χ4n) is 5.10. The average molecular weight is 532 g/mol. The van der Waals surface area contributed by atoms with Crippen molar-refractivity contribution in [3.63, 3.8) is 0 Å². The van der Waals surface area contributed by atoms with Gasteiger partial charge in [-0.05, 0) is 64.5 Å². The molecule has 0 saturated carbocycles. The van der Waals surface area contributed by atoms with E-state index in [0.717, 1.165) is 54.0 Å². The second-order valence-electron chi connectivity index (χ2n) is 12.2. The molecule has 39 heavy (non-hydrogen) atoms. The highest BCUT2D eigenvalue weighted by molar-refractivity contribution is 5.87. The van der Waals surface area contributed by atoms with Gasteiger partial charge in [0.05, 0.1) is 11.3 Å². The minimum absolute atomic E-state index is 0.237. The summed E-state index contributed by atoms with van der Waals surface area (Å²) in [5, 5.41) is 10.3. The van der Waals surface area contributed by atoms with E-state index in [1.165, 1.54) is 0 Å². The first-order valence-corrected chi connectivity index (χ1v) is 13.6. The average Bonchev–Trinajstić information content (AvgIpc) is 2.86. The molecule has 0 aliphatic carbocycles. The molecule has 0 spiro atoms. The van der Waals surface area contributed by atoms with Gasteiger partial charge in [-0.25, -0.2) is 9.78 Å². The largest absolute Gasteiger partial charge is 0.479 e. The van der Waals surface area contributed by atoms with Crippen LogP contribution < -0.4 is 9.64 Å². The number of aromatic nitrogens is 2. The molecule has 0 bridgehead atoms. The molecule has 4 rings (SSSR count). The zero-order valence-corrected chi connectivity index (χ0v) is 24.2. The molecular weight excluding hydrogens is 490 g/mol. The van der Waals surface area contributed by atoms with Crippen molar-refractivity contribution in [3.8, 4) is 17.0 Å². The highest BCUT2D eigenvalue weighted by Gasteiger charge is 2.36. The predicted octanol–water partition coefficient (Wildman–Crippen LogP) is 6.91. The normalized spacial score (nSPS) is 16.1. The lowest BCUT2D eigenvalue weighted by Gasteiger charge is -2.41. The van der Waals surface area contributed by atoms with E-state index in [1.807, 2.05) is 77.1 Å². The molecule has 0 radical (unpaired) electrons. The van der Waals surface area contributed by atoms with E-state index < -0.39 is 17.7 Å². The van der Waals surface area contributed by atoms with E-state index in [0.29, 0.717) is 23.7 Å². The van der Waals surface area contributed by atoms with Gasteiger partial charge in [0, 0.05) is 53.4 Å². The maximum atomic E-state index is 12.6. The van der Waals surface area contributed by atoms with Crippen LogP contribution >= 0.6 is 0 Å². The Morgan fingerprint density at radius 2 is 1.72 bits per heavy atom. The number of carbonyl (C=O) groups is 1. The first-order chi connectivity index (χ1) is 18.3. The van der Waals surface area contributed by atoms with Crippen LogP contribution in [0.3, 0.4) is 0 Å². The molecule has 1 aliphatic heterocycles. The summed E-state index contributed by atoms with van der Waals surface area (Å²) in [7, 11) is 0. The Hall–Kier alpha value is -3.45. The van der Waals surface area contributed by atoms with Gasteiger partial charge in [0.1, 0.15) is 6.61 Å². The highest BCUT2D eigenvalue weighted by Crippen LogP contribution is 2.44. The van der Waals surface area contributed by atoms with Crippen LogP contribution in [-0.4, -0.2) is 39.7 Å². The second kappa shape index (κ2) is 11.3. The van der Waals surface area contributed by atoms with Crippen LogP contribution in [0.25, 0.3) is 11.1 Å². The van der Waals surface area contributed by atoms with Gasteiger partial charge in [0.25, 0.3) is 0 Å². The van der Waals surface area contributed by atoms with E-state index in [-0.39, 0.29) is 5.41 Å². The van der Waals surface area contributed by atoms with E-state index in [4.69, 9.17) is 14.5 Å². The van der Waals surface area contributed by atoms with Gasteiger partial charge in [0.15, 0.2) is 6.10 Å². The Morgan fingerprint density at radius 1 is 1.05 bits per heavy atom. The third kappa shape index (κ3) is 6.95. The number of anilines is 1. The Kier molecular flexibility index (Phi) is 8.31. The van der Waals surface area contributed by atoms with Gasteiger partial charge in [0.2, 0.25) is 5.88 Å². The number of carboxylic acids is 1. The van der Waals surface area contributed by atoms with Crippen LogP contribution in [0.4, 0.5) is 5.69 Å². The van der Waals surface area contributed by atoms with Gasteiger partial charge in [-0.2, -0.15) is 0 Å². The van der Waals surface area contributed by atoms with Crippen molar-refractivity contribution in [1.29, 1.82) is 0 Å². The quantitative estimate of drug-likeness (QED) is 0.338. The summed E-state index contributed by atoms with van der Waals surface area (Å²) in [4.78, 5) is 24.4. The highest BCUT2D eigenvalue weighted by atomic mass is 16.5. The van der Waals surface area contributed by atoms with Crippen molar-refractivity contribution in [2.75, 3.05) is 18.0 Å². The molecule has 208 valence electrons. The van der Waals surface area contributed by atoms with Gasteiger partial charge >= 0.3 is 5.97 Å². The van der Waals surface area contributed by atoms with Crippen LogP contribution in [0, 0.1) is 19.3 Å². The molecule has 3 aromatic rings. The predicted molar refractivity (Wildman–Crippen MR) is 154 cm³/mol. The molecule has 0 amide bonds. The number of piperidine rings is 1. The van der Waals surface area contributed by atoms with E-state index in [1.54, 1.807) is 6.20 Å². The minimum atomic E-state index is -1.15. The molecule has 7 heteroatoms. The van der Waals surface area contributed by atoms with Crippen molar-refractivity contribution >= 4 is 11.7 Å². The summed E-state index contributed by atoms with van der Waals surface area (Å²) in [6.45, 7) is 16.1. The number of hydrogen-bond acceptors (Lipinski definition) is 6. The molecule has 1 aromatic carbocycles. The number of ether oxygens (including phenoxy) is 2. The molecule has 2 aromatic heterocycles. The Labute approximate surface area is 232 Å². The maximum absolute atomic E-state index is 12.6. The molecular formula is C32H41N3O4. The second-order valence-corrected chi connectivity index (χ2v) is 12.2. The van der Waals surface area contributed by atoms with Crippen LogP contribution in [0.1, 0.15) is 76.1 Å². The standard InChI is InChI=1S/C32H41N3O4/c1-21-26(24-13-14-25(33-19-24)38-20-23-11-9-8-10-12-23)28(35-17-15-32(6,7)16-18-35)27(22(2)34-21)29(30(36)37)39-31(3,4)5/h8-14,19,29H,15-18,20H2,1-7H3,(H,36,37). The summed E-state index contributed by atoms with van der Waals surface area (Å²) < 4.78 is 12.1. The fourth-order valence-corrected chi connectivity index (χ4v) is 5.10. The van der Waals surface area contributed by atoms with Crippen LogP contribution in [0.15, 0.2) is 48.7 Å². The van der Waals surface area contributed by atoms with Crippen LogP contribution in [0.2, 0.25) is 0 Å². The van der Waals surface area contributed by atoms with Crippen molar-refractivity contribution in [3.05, 3.63) is 71.2 Å². The number of aliphatic carboxylic acids is 1. The van der Waals surface area contributed by atoms with E-state index >= 15 is 0 Å². The Bertz CT molecular complexity index is 1290. The molecule has 1 fully saturated rings. The van der Waals surface area contributed by atoms with Crippen LogP contribution in [0.5, 0.6) is 5.88 Å². The lowest BCUT2D eigenvalue weighted by atomic mass is 9.82. The molecule has 1 N–H and O–H groups in total. The van der Waals surface area contributed by atoms with Crippen molar-refractivity contribution in [2.24, 2.45) is 5.41 Å². The smallest absolute Gasteiger partial charge is 0.337 e. The van der Waals surface area contributed by atoms with Gasteiger partial charge < -0.3 is 19.5 Å². The molecule has 1 atom stereocenters. The maximum Gasteiger partial charge on any atom is 0.337 e. The van der Waals surface area contributed by atoms with Gasteiger partial charge in [-0.15, -0.1) is 0 Å². The topological polar surface area (TPSA) is 84.8 Å². The van der Waals surface area contributed by atoms with E-state index in [2.05, 4.69) is 23.7 Å². The molecule has 1 aliphatic rings. The number of nitrogens with zero attached hydrogens (tertiary/aromatic N) is 3. The van der Waals surface area contributed by atoms with E-state index in [9.17, 15) is 9.90 Å². The summed E-state index contributed by atoms with van der Waals surface area (Å²) >= 11 is 0. The molecule has 3 heterocycles. The number of carboxylic acid groups (broad SMARTS) is 1. The number of rotatable bonds is 8. The monoisotopic (exact) mass is 531 g/mol. The Balaban J connectivity index is 1.79. The fraction of sp³-hybridized carbons (Fsp3) is 0.469. The zero-order chi connectivity index (χ0) is 28.4. The minimum Gasteiger partial charge on any atom is -0.479 e. The van der Waals surface area contributed by atoms with Crippen molar-refractivity contribution in [2.45, 2.75) is 79.6 Å². The lowest BCUT2D eigenvalue weighted by Crippen LogP contribution is -2.39. The van der Waals surface area contributed by atoms with Crippen LogP contribution in [-0.2, 0) is 16.1 Å². The van der Waals surface area contributed by atoms with Crippen molar-refractivity contribution < 1.29 is 19.4 Å². The molecule has 1 saturated heterocycles. The summed E-state index contributed by atoms with van der Waals surface area (Å²) in [5.41, 5.74) is 5.41. The zero-order valence-electron chi connectivity index (χ0n) is 24.2. The number of pyridine rings is 2. The molecule has 7 nitrogen and oxygen atoms in total. The van der Waals surface area contributed by atoms with Gasteiger partial charge in [-0.3, -0.25) is 4.98 Å². The number of aryl methyl sites for hydroxylation is 2. The lowest BCUT2D eigenvalue weighted by molar-refractivity contribution is -0.160. The number of hydrogen-bond donors (Lipinski definition) is 1. The summed E-state index contributed by atoms with van der Waals surface area (Å²) in [6, 6.07) is 13.8. The SMILES string of the molecule is Cc1nc(C)c(C(OC(C)(C)C)C(=O)O)c(N2CCC(C)(C)CC2)c1-c1ccc(OCc2ccccc2)nc1. The van der Waals surface area contributed by atoms with Gasteiger partial charge in [-0.1, -0.05) is 44.2 Å². The Morgan fingerprint density at radius 3 is 2.28 bits per heavy atom. The third-order valence-corrected chi connectivity index (χ3v) is 7.22. The molecule has 1 unspecified atom stereocenters. The van der Waals surface area contributed by atoms with Crippen molar-refractivity contribution in [1.82, 2.24) is 9.97 Å². The number of benzene rings is 1. The third-order valence-electron chi connectivity index (χ3n) is 7.22.